The summed E-state index contributed by atoms with van der Waals surface area (Å²) in [6, 6.07) is 26.2. The summed E-state index contributed by atoms with van der Waals surface area (Å²) in [5, 5.41) is 2.62. The molecule has 0 heterocycles. The minimum atomic E-state index is 1.000. The van der Waals surface area contributed by atoms with Gasteiger partial charge in [0.2, 0.25) is 0 Å². The van der Waals surface area contributed by atoms with Crippen LogP contribution in [-0.2, 0) is 0 Å². The van der Waals surface area contributed by atoms with Crippen LogP contribution in [0.3, 0.4) is 0 Å². The highest BCUT2D eigenvalue weighted by Gasteiger charge is 2.10. The molecular weight excluding hydrogens is 396 g/mol. The summed E-state index contributed by atoms with van der Waals surface area (Å²) >= 11 is 2.03. The van der Waals surface area contributed by atoms with Crippen molar-refractivity contribution in [1.82, 2.24) is 0 Å². The van der Waals surface area contributed by atoms with Gasteiger partial charge in [0.1, 0.15) is 0 Å². The van der Waals surface area contributed by atoms with Gasteiger partial charge in [0.15, 0.2) is 0 Å². The second kappa shape index (κ2) is 11.1. The highest BCUT2D eigenvalue weighted by molar-refractivity contribution is 8.03. The normalized spacial score (nSPS) is 13.3. The Morgan fingerprint density at radius 3 is 2.42 bits per heavy atom. The number of thioether (sulfide) groups is 1. The number of benzene rings is 3. The van der Waals surface area contributed by atoms with Crippen molar-refractivity contribution in [3.05, 3.63) is 95.9 Å². The predicted molar refractivity (Wildman–Crippen MR) is 139 cm³/mol. The van der Waals surface area contributed by atoms with E-state index in [2.05, 4.69) is 108 Å². The Bertz CT molecular complexity index is 1030. The number of nitrogens with zero attached hydrogens (tertiary/aromatic N) is 2. The average Bonchev–Trinajstić information content (AvgIpc) is 2.84. The zero-order chi connectivity index (χ0) is 21.3. The van der Waals surface area contributed by atoms with Crippen LogP contribution in [0.4, 0.5) is 11.4 Å². The standard InChI is InChI=1S/C28H32N2S/c1-29(26-13-4-2-5-14-26)20-21-30(19-10-22-31-28-15-6-3-7-16-28)27-18-17-24-11-8-9-12-25(24)23-27/h2-6,8-9,11-15,17-18,23H,7,10,16,19-22H2,1H3. The van der Waals surface area contributed by atoms with Crippen molar-refractivity contribution in [2.24, 2.45) is 0 Å². The maximum absolute atomic E-state index is 2.56. The van der Waals surface area contributed by atoms with Gasteiger partial charge in [-0.1, -0.05) is 66.8 Å². The molecule has 3 heteroatoms. The number of para-hydroxylation sites is 1. The van der Waals surface area contributed by atoms with Crippen LogP contribution in [0, 0.1) is 0 Å². The molecule has 0 saturated heterocycles. The van der Waals surface area contributed by atoms with Gasteiger partial charge in [-0.15, -0.1) is 11.8 Å². The molecule has 2 nitrogen and oxygen atoms in total. The highest BCUT2D eigenvalue weighted by Crippen LogP contribution is 2.26. The number of fused-ring (bicyclic) bond motifs is 1. The zero-order valence-electron chi connectivity index (χ0n) is 18.4. The lowest BCUT2D eigenvalue weighted by molar-refractivity contribution is 0.748. The van der Waals surface area contributed by atoms with Crippen LogP contribution in [0.5, 0.6) is 0 Å². The van der Waals surface area contributed by atoms with Gasteiger partial charge in [-0.05, 0) is 65.0 Å². The fourth-order valence-corrected chi connectivity index (χ4v) is 4.96. The molecular formula is C28H32N2S. The van der Waals surface area contributed by atoms with Crippen molar-refractivity contribution in [1.29, 1.82) is 0 Å². The van der Waals surface area contributed by atoms with E-state index >= 15 is 0 Å². The summed E-state index contributed by atoms with van der Waals surface area (Å²) in [5.74, 6) is 1.18. The Labute approximate surface area is 191 Å². The SMILES string of the molecule is CN(CCN(CCCSC1=CC=CCC1)c1ccc2ccccc2c1)c1ccccc1. The third-order valence-electron chi connectivity index (χ3n) is 5.84. The molecule has 0 aliphatic heterocycles. The molecule has 1 aliphatic rings. The first-order chi connectivity index (χ1) is 15.3. The number of rotatable bonds is 10. The summed E-state index contributed by atoms with van der Waals surface area (Å²) < 4.78 is 0. The fraction of sp³-hybridized carbons (Fsp3) is 0.286. The molecule has 3 aromatic carbocycles. The highest BCUT2D eigenvalue weighted by atomic mass is 32.2. The van der Waals surface area contributed by atoms with Gasteiger partial charge < -0.3 is 9.80 Å². The van der Waals surface area contributed by atoms with Crippen LogP contribution in [0.25, 0.3) is 10.8 Å². The van der Waals surface area contributed by atoms with Crippen LogP contribution in [0.1, 0.15) is 19.3 Å². The predicted octanol–water partition coefficient (Wildman–Crippen LogP) is 7.14. The molecule has 0 saturated carbocycles. The molecule has 0 fully saturated rings. The molecule has 4 rings (SSSR count). The number of anilines is 2. The van der Waals surface area contributed by atoms with Gasteiger partial charge in [-0.2, -0.15) is 0 Å². The van der Waals surface area contributed by atoms with E-state index in [-0.39, 0.29) is 0 Å². The Balaban J connectivity index is 1.41. The summed E-state index contributed by atoms with van der Waals surface area (Å²) in [4.78, 5) is 6.44. The van der Waals surface area contributed by atoms with Crippen molar-refractivity contribution in [2.75, 3.05) is 42.2 Å². The van der Waals surface area contributed by atoms with Crippen molar-refractivity contribution in [2.45, 2.75) is 19.3 Å². The van der Waals surface area contributed by atoms with E-state index in [1.165, 1.54) is 52.1 Å². The third-order valence-corrected chi connectivity index (χ3v) is 7.04. The number of likely N-dealkylation sites (N-methyl/N-ethyl adjacent to an activating group) is 1. The van der Waals surface area contributed by atoms with Gasteiger partial charge in [-0.3, -0.25) is 0 Å². The van der Waals surface area contributed by atoms with E-state index in [1.807, 2.05) is 11.8 Å². The summed E-state index contributed by atoms with van der Waals surface area (Å²) in [6.45, 7) is 3.09. The largest absolute Gasteiger partial charge is 0.373 e. The molecule has 0 radical (unpaired) electrons. The molecule has 0 spiro atoms. The average molecular weight is 429 g/mol. The molecule has 31 heavy (non-hydrogen) atoms. The smallest absolute Gasteiger partial charge is 0.0373 e. The molecule has 0 unspecified atom stereocenters. The van der Waals surface area contributed by atoms with Crippen LogP contribution in [0.2, 0.25) is 0 Å². The van der Waals surface area contributed by atoms with Gasteiger partial charge in [0, 0.05) is 38.1 Å². The fourth-order valence-electron chi connectivity index (χ4n) is 3.99. The first kappa shape index (κ1) is 21.6. The van der Waals surface area contributed by atoms with Crippen LogP contribution < -0.4 is 9.80 Å². The van der Waals surface area contributed by atoms with E-state index in [0.717, 1.165) is 19.6 Å². The van der Waals surface area contributed by atoms with Crippen LogP contribution in [-0.4, -0.2) is 32.4 Å². The molecule has 0 amide bonds. The zero-order valence-corrected chi connectivity index (χ0v) is 19.2. The van der Waals surface area contributed by atoms with Crippen molar-refractivity contribution >= 4 is 33.9 Å². The van der Waals surface area contributed by atoms with E-state index < -0.39 is 0 Å². The minimum Gasteiger partial charge on any atom is -0.373 e. The quantitative estimate of drug-likeness (QED) is 0.317. The van der Waals surface area contributed by atoms with Gasteiger partial charge in [0.25, 0.3) is 0 Å². The first-order valence-corrected chi connectivity index (χ1v) is 12.3. The maximum atomic E-state index is 2.56. The summed E-state index contributed by atoms with van der Waals surface area (Å²) in [6.07, 6.45) is 10.3. The Hall–Kier alpha value is -2.65. The molecule has 160 valence electrons. The summed E-state index contributed by atoms with van der Waals surface area (Å²) in [5.41, 5.74) is 2.60. The maximum Gasteiger partial charge on any atom is 0.0373 e. The van der Waals surface area contributed by atoms with Crippen molar-refractivity contribution < 1.29 is 0 Å². The van der Waals surface area contributed by atoms with Gasteiger partial charge >= 0.3 is 0 Å². The second-order valence-corrected chi connectivity index (χ2v) is 9.30. The number of allylic oxidation sites excluding steroid dienone is 4. The summed E-state index contributed by atoms with van der Waals surface area (Å²) in [7, 11) is 2.19. The first-order valence-electron chi connectivity index (χ1n) is 11.3. The molecule has 3 aromatic rings. The van der Waals surface area contributed by atoms with Gasteiger partial charge in [-0.25, -0.2) is 0 Å². The Morgan fingerprint density at radius 1 is 0.806 bits per heavy atom. The van der Waals surface area contributed by atoms with E-state index in [0.29, 0.717) is 0 Å². The lowest BCUT2D eigenvalue weighted by Crippen LogP contribution is -2.34. The second-order valence-electron chi connectivity index (χ2n) is 8.08. The van der Waals surface area contributed by atoms with Crippen LogP contribution >= 0.6 is 11.8 Å². The third kappa shape index (κ3) is 6.18. The van der Waals surface area contributed by atoms with E-state index in [1.54, 1.807) is 0 Å². The Kier molecular flexibility index (Phi) is 7.73. The van der Waals surface area contributed by atoms with E-state index in [4.69, 9.17) is 0 Å². The Morgan fingerprint density at radius 2 is 1.61 bits per heavy atom. The van der Waals surface area contributed by atoms with Crippen molar-refractivity contribution in [3.63, 3.8) is 0 Å². The number of hydrogen-bond donors (Lipinski definition) is 0. The lowest BCUT2D eigenvalue weighted by atomic mass is 10.1. The monoisotopic (exact) mass is 428 g/mol. The minimum absolute atomic E-state index is 1.000. The lowest BCUT2D eigenvalue weighted by Gasteiger charge is -2.29. The van der Waals surface area contributed by atoms with E-state index in [9.17, 15) is 0 Å². The molecule has 0 bridgehead atoms. The molecule has 0 aromatic heterocycles. The van der Waals surface area contributed by atoms with Gasteiger partial charge in [0.05, 0.1) is 0 Å². The topological polar surface area (TPSA) is 6.48 Å². The van der Waals surface area contributed by atoms with Crippen molar-refractivity contribution in [3.8, 4) is 0 Å². The molecule has 1 aliphatic carbocycles. The van der Waals surface area contributed by atoms with Crippen LogP contribution in [0.15, 0.2) is 95.9 Å². The number of hydrogen-bond acceptors (Lipinski definition) is 3. The molecule has 0 N–H and O–H groups in total. The molecule has 0 atom stereocenters.